The molecule has 2 aromatic heterocycles. The molecule has 0 bridgehead atoms. The minimum atomic E-state index is 0.442. The smallest absolute Gasteiger partial charge is 0.166 e. The van der Waals surface area contributed by atoms with Gasteiger partial charge in [0.25, 0.3) is 0 Å². The van der Waals surface area contributed by atoms with Crippen molar-refractivity contribution in [1.29, 1.82) is 0 Å². The Kier molecular flexibility index (Phi) is 2.85. The molecule has 1 aliphatic rings. The van der Waals surface area contributed by atoms with Crippen molar-refractivity contribution in [2.24, 2.45) is 0 Å². The molecule has 2 aromatic rings. The van der Waals surface area contributed by atoms with E-state index >= 15 is 0 Å². The quantitative estimate of drug-likeness (QED) is 0.779. The first kappa shape index (κ1) is 11.4. The zero-order valence-electron chi connectivity index (χ0n) is 10.5. The van der Waals surface area contributed by atoms with Gasteiger partial charge in [-0.15, -0.1) is 0 Å². The number of hydrogen-bond donors (Lipinski definition) is 1. The SMILES string of the molecule is CN1CCN(Cn2cnc3c(N)ncnc32)CC1. The molecule has 0 amide bonds. The molecule has 96 valence electrons. The third-order valence-corrected chi connectivity index (χ3v) is 3.38. The van der Waals surface area contributed by atoms with E-state index in [1.165, 1.54) is 6.33 Å². The van der Waals surface area contributed by atoms with E-state index in [1.807, 2.05) is 4.57 Å². The number of nitrogens with zero attached hydrogens (tertiary/aromatic N) is 6. The Morgan fingerprint density at radius 1 is 1.17 bits per heavy atom. The largest absolute Gasteiger partial charge is 0.382 e. The highest BCUT2D eigenvalue weighted by Gasteiger charge is 2.15. The Labute approximate surface area is 105 Å². The van der Waals surface area contributed by atoms with E-state index in [0.29, 0.717) is 11.3 Å². The number of nitrogen functional groups attached to an aromatic ring is 1. The van der Waals surface area contributed by atoms with Gasteiger partial charge in [0.2, 0.25) is 0 Å². The van der Waals surface area contributed by atoms with Crippen LogP contribution in [0.2, 0.25) is 0 Å². The maximum atomic E-state index is 5.77. The number of anilines is 1. The number of likely N-dealkylation sites (N-methyl/N-ethyl adjacent to an activating group) is 1. The predicted octanol–water partition coefficient (Wildman–Crippen LogP) is -0.387. The van der Waals surface area contributed by atoms with Crippen LogP contribution in [0.25, 0.3) is 11.2 Å². The Morgan fingerprint density at radius 3 is 2.72 bits per heavy atom. The average Bonchev–Trinajstić information content (AvgIpc) is 2.77. The lowest BCUT2D eigenvalue weighted by atomic mass is 10.3. The lowest BCUT2D eigenvalue weighted by molar-refractivity contribution is 0.126. The van der Waals surface area contributed by atoms with Crippen molar-refractivity contribution in [3.8, 4) is 0 Å². The molecule has 0 saturated carbocycles. The van der Waals surface area contributed by atoms with Crippen molar-refractivity contribution >= 4 is 17.0 Å². The first-order valence-corrected chi connectivity index (χ1v) is 6.06. The summed E-state index contributed by atoms with van der Waals surface area (Å²) in [6.45, 7) is 5.14. The molecule has 1 fully saturated rings. The molecule has 7 heteroatoms. The van der Waals surface area contributed by atoms with Crippen LogP contribution in [0.5, 0.6) is 0 Å². The summed E-state index contributed by atoms with van der Waals surface area (Å²) in [7, 11) is 2.15. The zero-order chi connectivity index (χ0) is 12.5. The molecule has 7 nitrogen and oxygen atoms in total. The molecule has 0 unspecified atom stereocenters. The van der Waals surface area contributed by atoms with Crippen molar-refractivity contribution in [1.82, 2.24) is 29.3 Å². The number of hydrogen-bond acceptors (Lipinski definition) is 6. The van der Waals surface area contributed by atoms with Crippen LogP contribution in [0, 0.1) is 0 Å². The van der Waals surface area contributed by atoms with Crippen molar-refractivity contribution in [3.63, 3.8) is 0 Å². The zero-order valence-corrected chi connectivity index (χ0v) is 10.5. The molecule has 1 aliphatic heterocycles. The number of aromatic nitrogens is 4. The Morgan fingerprint density at radius 2 is 1.94 bits per heavy atom. The topological polar surface area (TPSA) is 76.1 Å². The summed E-state index contributed by atoms with van der Waals surface area (Å²) >= 11 is 0. The van der Waals surface area contributed by atoms with Crippen LogP contribution >= 0.6 is 0 Å². The molecular formula is C11H17N7. The number of rotatable bonds is 2. The predicted molar refractivity (Wildman–Crippen MR) is 68.8 cm³/mol. The summed E-state index contributed by atoms with van der Waals surface area (Å²) in [6, 6.07) is 0. The van der Waals surface area contributed by atoms with Crippen molar-refractivity contribution in [2.75, 3.05) is 39.0 Å². The first-order valence-electron chi connectivity index (χ1n) is 6.06. The molecular weight excluding hydrogens is 230 g/mol. The number of nitrogens with two attached hydrogens (primary N) is 1. The van der Waals surface area contributed by atoms with Crippen LogP contribution in [0.4, 0.5) is 5.82 Å². The maximum Gasteiger partial charge on any atom is 0.166 e. The molecule has 1 saturated heterocycles. The summed E-state index contributed by atoms with van der Waals surface area (Å²) < 4.78 is 2.03. The molecule has 0 aromatic carbocycles. The van der Waals surface area contributed by atoms with Gasteiger partial charge in [0, 0.05) is 26.2 Å². The maximum absolute atomic E-state index is 5.77. The van der Waals surface area contributed by atoms with E-state index in [1.54, 1.807) is 6.33 Å². The molecule has 0 radical (unpaired) electrons. The van der Waals surface area contributed by atoms with Crippen LogP contribution in [0.1, 0.15) is 0 Å². The molecule has 18 heavy (non-hydrogen) atoms. The van der Waals surface area contributed by atoms with E-state index in [9.17, 15) is 0 Å². The van der Waals surface area contributed by atoms with Gasteiger partial charge in [0.1, 0.15) is 11.8 Å². The van der Waals surface area contributed by atoms with Crippen molar-refractivity contribution < 1.29 is 0 Å². The third-order valence-electron chi connectivity index (χ3n) is 3.38. The van der Waals surface area contributed by atoms with E-state index in [0.717, 1.165) is 38.5 Å². The Balaban J connectivity index is 1.81. The number of fused-ring (bicyclic) bond motifs is 1. The fraction of sp³-hybridized carbons (Fsp3) is 0.545. The average molecular weight is 247 g/mol. The third kappa shape index (κ3) is 2.02. The van der Waals surface area contributed by atoms with Gasteiger partial charge in [-0.2, -0.15) is 0 Å². The lowest BCUT2D eigenvalue weighted by Crippen LogP contribution is -2.44. The standard InChI is InChI=1S/C11H17N7/c1-16-2-4-17(5-3-16)8-18-7-15-9-10(12)13-6-14-11(9)18/h6-7H,2-5,8H2,1H3,(H2,12,13,14). The summed E-state index contributed by atoms with van der Waals surface area (Å²) in [5, 5.41) is 0. The van der Waals surface area contributed by atoms with Crippen LogP contribution in [-0.4, -0.2) is 62.5 Å². The van der Waals surface area contributed by atoms with Gasteiger partial charge < -0.3 is 15.2 Å². The highest BCUT2D eigenvalue weighted by molar-refractivity contribution is 5.80. The second kappa shape index (κ2) is 4.51. The van der Waals surface area contributed by atoms with Crippen LogP contribution < -0.4 is 5.73 Å². The number of piperazine rings is 1. The summed E-state index contributed by atoms with van der Waals surface area (Å²) in [4.78, 5) is 17.2. The van der Waals surface area contributed by atoms with Gasteiger partial charge in [0.05, 0.1) is 13.0 Å². The minimum absolute atomic E-state index is 0.442. The Bertz CT molecular complexity index is 541. The molecule has 0 atom stereocenters. The second-order valence-corrected chi connectivity index (χ2v) is 4.71. The van der Waals surface area contributed by atoms with E-state index in [2.05, 4.69) is 31.8 Å². The molecule has 3 heterocycles. The van der Waals surface area contributed by atoms with E-state index in [4.69, 9.17) is 5.73 Å². The molecule has 2 N–H and O–H groups in total. The Hall–Kier alpha value is -1.73. The lowest BCUT2D eigenvalue weighted by Gasteiger charge is -2.32. The highest BCUT2D eigenvalue weighted by Crippen LogP contribution is 2.14. The summed E-state index contributed by atoms with van der Waals surface area (Å²) in [5.41, 5.74) is 7.27. The summed E-state index contributed by atoms with van der Waals surface area (Å²) in [5.74, 6) is 0.442. The fourth-order valence-corrected chi connectivity index (χ4v) is 2.21. The molecule has 3 rings (SSSR count). The van der Waals surface area contributed by atoms with E-state index in [-0.39, 0.29) is 0 Å². The van der Waals surface area contributed by atoms with Crippen molar-refractivity contribution in [2.45, 2.75) is 6.67 Å². The van der Waals surface area contributed by atoms with Gasteiger partial charge in [-0.1, -0.05) is 0 Å². The van der Waals surface area contributed by atoms with Crippen LogP contribution in [-0.2, 0) is 6.67 Å². The van der Waals surface area contributed by atoms with Gasteiger partial charge in [0.15, 0.2) is 11.5 Å². The van der Waals surface area contributed by atoms with Gasteiger partial charge >= 0.3 is 0 Å². The molecule has 0 spiro atoms. The fourth-order valence-electron chi connectivity index (χ4n) is 2.21. The molecule has 0 aliphatic carbocycles. The first-order chi connectivity index (χ1) is 8.74. The van der Waals surface area contributed by atoms with Gasteiger partial charge in [-0.05, 0) is 7.05 Å². The van der Waals surface area contributed by atoms with Gasteiger partial charge in [-0.3, -0.25) is 4.90 Å². The van der Waals surface area contributed by atoms with Crippen molar-refractivity contribution in [3.05, 3.63) is 12.7 Å². The normalized spacial score (nSPS) is 18.5. The number of imidazole rings is 1. The second-order valence-electron chi connectivity index (χ2n) is 4.71. The van der Waals surface area contributed by atoms with Gasteiger partial charge in [-0.25, -0.2) is 15.0 Å². The highest BCUT2D eigenvalue weighted by atomic mass is 15.3. The van der Waals surface area contributed by atoms with E-state index < -0.39 is 0 Å². The summed E-state index contributed by atoms with van der Waals surface area (Å²) in [6.07, 6.45) is 3.27. The monoisotopic (exact) mass is 247 g/mol. The van der Waals surface area contributed by atoms with Crippen LogP contribution in [0.15, 0.2) is 12.7 Å². The van der Waals surface area contributed by atoms with Crippen LogP contribution in [0.3, 0.4) is 0 Å². The minimum Gasteiger partial charge on any atom is -0.382 e.